The second-order valence-electron chi connectivity index (χ2n) is 5.91. The van der Waals surface area contributed by atoms with Gasteiger partial charge in [-0.1, -0.05) is 6.92 Å². The number of aromatic nitrogens is 4. The Morgan fingerprint density at radius 2 is 1.83 bits per heavy atom. The standard InChI is InChI=1S/C17H18N4O2/c1-11(17(23)13-10-21(3)7-5-16(13)22)8-15-12-9-20(2)6-4-14(12)18-19-15/h4-7,9-11H,8H2,1-3H3. The molecule has 2 aliphatic rings. The minimum Gasteiger partial charge on any atom is -0.356 e. The monoisotopic (exact) mass is 310 g/mol. The Bertz CT molecular complexity index is 894. The molecule has 0 aromatic carbocycles. The van der Waals surface area contributed by atoms with Gasteiger partial charge in [0.25, 0.3) is 0 Å². The van der Waals surface area contributed by atoms with Crippen molar-refractivity contribution in [3.05, 3.63) is 58.4 Å². The van der Waals surface area contributed by atoms with Gasteiger partial charge < -0.3 is 9.13 Å². The molecule has 0 saturated carbocycles. The van der Waals surface area contributed by atoms with Gasteiger partial charge in [0.15, 0.2) is 11.2 Å². The van der Waals surface area contributed by atoms with Gasteiger partial charge in [-0.3, -0.25) is 9.59 Å². The van der Waals surface area contributed by atoms with Crippen molar-refractivity contribution >= 4 is 5.78 Å². The molecule has 0 bridgehead atoms. The predicted molar refractivity (Wildman–Crippen MR) is 86.5 cm³/mol. The summed E-state index contributed by atoms with van der Waals surface area (Å²) in [5, 5.41) is 8.33. The van der Waals surface area contributed by atoms with Crippen LogP contribution in [0.25, 0.3) is 11.3 Å². The summed E-state index contributed by atoms with van der Waals surface area (Å²) in [5.41, 5.74) is 2.51. The van der Waals surface area contributed by atoms with Crippen LogP contribution in [-0.2, 0) is 20.5 Å². The zero-order chi connectivity index (χ0) is 16.6. The topological polar surface area (TPSA) is 69.8 Å². The molecule has 118 valence electrons. The lowest BCUT2D eigenvalue weighted by Crippen LogP contribution is -2.23. The molecular formula is C17H18N4O2. The van der Waals surface area contributed by atoms with E-state index in [-0.39, 0.29) is 22.7 Å². The summed E-state index contributed by atoms with van der Waals surface area (Å²) in [6.45, 7) is 1.82. The molecule has 1 aromatic heterocycles. The normalized spacial score (nSPS) is 12.5. The van der Waals surface area contributed by atoms with Crippen molar-refractivity contribution in [2.75, 3.05) is 0 Å². The van der Waals surface area contributed by atoms with E-state index in [0.717, 1.165) is 17.0 Å². The van der Waals surface area contributed by atoms with Crippen molar-refractivity contribution < 1.29 is 4.79 Å². The molecule has 0 aliphatic carbocycles. The van der Waals surface area contributed by atoms with E-state index in [1.54, 1.807) is 24.0 Å². The summed E-state index contributed by atoms with van der Waals surface area (Å²) in [5.74, 6) is -0.502. The van der Waals surface area contributed by atoms with Gasteiger partial charge in [0, 0.05) is 62.9 Å². The number of nitrogens with zero attached hydrogens (tertiary/aromatic N) is 4. The molecule has 0 N–H and O–H groups in total. The maximum atomic E-state index is 12.6. The molecule has 6 heteroatoms. The Balaban J connectivity index is 1.87. The highest BCUT2D eigenvalue weighted by molar-refractivity contribution is 5.97. The van der Waals surface area contributed by atoms with Gasteiger partial charge in [0.2, 0.25) is 0 Å². The number of carbonyl (C=O) groups is 1. The van der Waals surface area contributed by atoms with Crippen LogP contribution in [0.15, 0.2) is 41.7 Å². The van der Waals surface area contributed by atoms with Crippen LogP contribution >= 0.6 is 0 Å². The van der Waals surface area contributed by atoms with Gasteiger partial charge >= 0.3 is 0 Å². The molecule has 0 amide bonds. The molecule has 2 aliphatic heterocycles. The van der Waals surface area contributed by atoms with Gasteiger partial charge in [-0.15, -0.1) is 0 Å². The third kappa shape index (κ3) is 2.92. The first-order valence-corrected chi connectivity index (χ1v) is 7.43. The van der Waals surface area contributed by atoms with Gasteiger partial charge in [-0.25, -0.2) is 0 Å². The number of pyridine rings is 2. The number of carbonyl (C=O) groups excluding carboxylic acids is 1. The first kappa shape index (κ1) is 15.1. The second kappa shape index (κ2) is 5.79. The first-order valence-electron chi connectivity index (χ1n) is 7.43. The van der Waals surface area contributed by atoms with E-state index in [0.29, 0.717) is 6.42 Å². The molecule has 1 atom stereocenters. The smallest absolute Gasteiger partial charge is 0.192 e. The molecule has 23 heavy (non-hydrogen) atoms. The van der Waals surface area contributed by atoms with E-state index < -0.39 is 0 Å². The number of aryl methyl sites for hydroxylation is 2. The van der Waals surface area contributed by atoms with E-state index in [9.17, 15) is 9.59 Å². The number of ketones is 1. The summed E-state index contributed by atoms with van der Waals surface area (Å²) >= 11 is 0. The van der Waals surface area contributed by atoms with Gasteiger partial charge in [-0.2, -0.15) is 10.2 Å². The Morgan fingerprint density at radius 3 is 2.61 bits per heavy atom. The van der Waals surface area contributed by atoms with Crippen molar-refractivity contribution in [3.63, 3.8) is 0 Å². The van der Waals surface area contributed by atoms with E-state index in [4.69, 9.17) is 0 Å². The van der Waals surface area contributed by atoms with Crippen LogP contribution in [0.3, 0.4) is 0 Å². The second-order valence-corrected chi connectivity index (χ2v) is 5.91. The Labute approximate surface area is 133 Å². The molecule has 6 nitrogen and oxygen atoms in total. The largest absolute Gasteiger partial charge is 0.356 e. The van der Waals surface area contributed by atoms with E-state index >= 15 is 0 Å². The maximum Gasteiger partial charge on any atom is 0.192 e. The van der Waals surface area contributed by atoms with Gasteiger partial charge in [-0.05, 0) is 6.07 Å². The van der Waals surface area contributed by atoms with Gasteiger partial charge in [0.05, 0.1) is 17.0 Å². The van der Waals surface area contributed by atoms with Crippen molar-refractivity contribution in [1.29, 1.82) is 0 Å². The van der Waals surface area contributed by atoms with Crippen LogP contribution < -0.4 is 5.43 Å². The van der Waals surface area contributed by atoms with Crippen molar-refractivity contribution in [1.82, 2.24) is 19.3 Å². The van der Waals surface area contributed by atoms with Crippen molar-refractivity contribution in [2.24, 2.45) is 20.0 Å². The quantitative estimate of drug-likeness (QED) is 0.688. The molecule has 1 aromatic rings. The summed E-state index contributed by atoms with van der Waals surface area (Å²) in [4.78, 5) is 24.5. The lowest BCUT2D eigenvalue weighted by atomic mass is 9.94. The highest BCUT2D eigenvalue weighted by Crippen LogP contribution is 2.24. The minimum absolute atomic E-state index is 0.164. The zero-order valence-corrected chi connectivity index (χ0v) is 13.4. The van der Waals surface area contributed by atoms with Crippen LogP contribution in [0.4, 0.5) is 0 Å². The summed E-state index contributed by atoms with van der Waals surface area (Å²) in [7, 11) is 3.72. The predicted octanol–water partition coefficient (Wildman–Crippen LogP) is 1.68. The Morgan fingerprint density at radius 1 is 1.13 bits per heavy atom. The SMILES string of the molecule is CC(Cc1nnc2ccn(C)cc1-2)C(=O)c1cn(C)ccc1=O. The number of hydrogen-bond acceptors (Lipinski definition) is 4. The van der Waals surface area contributed by atoms with Crippen LogP contribution in [0.5, 0.6) is 0 Å². The van der Waals surface area contributed by atoms with E-state index in [1.807, 2.05) is 37.0 Å². The molecule has 0 spiro atoms. The minimum atomic E-state index is -0.337. The molecule has 0 fully saturated rings. The fourth-order valence-corrected chi connectivity index (χ4v) is 2.64. The van der Waals surface area contributed by atoms with Crippen molar-refractivity contribution in [2.45, 2.75) is 13.3 Å². The number of fused-ring (bicyclic) bond motifs is 1. The number of hydrogen-bond donors (Lipinski definition) is 0. The molecule has 0 radical (unpaired) electrons. The third-order valence-electron chi connectivity index (χ3n) is 3.94. The van der Waals surface area contributed by atoms with Gasteiger partial charge in [0.1, 0.15) is 0 Å². The Kier molecular flexibility index (Phi) is 3.82. The first-order chi connectivity index (χ1) is 11.0. The summed E-state index contributed by atoms with van der Waals surface area (Å²) < 4.78 is 3.63. The molecular weight excluding hydrogens is 292 g/mol. The summed E-state index contributed by atoms with van der Waals surface area (Å²) in [6, 6.07) is 3.31. The van der Waals surface area contributed by atoms with Crippen LogP contribution in [0, 0.1) is 5.92 Å². The fourth-order valence-electron chi connectivity index (χ4n) is 2.64. The van der Waals surface area contributed by atoms with Crippen LogP contribution in [-0.4, -0.2) is 25.1 Å². The summed E-state index contributed by atoms with van der Waals surface area (Å²) in [6.07, 6.45) is 7.53. The van der Waals surface area contributed by atoms with Crippen LogP contribution in [0.2, 0.25) is 0 Å². The molecule has 3 rings (SSSR count). The average Bonchev–Trinajstić information content (AvgIpc) is 2.91. The van der Waals surface area contributed by atoms with E-state index in [1.165, 1.54) is 6.07 Å². The average molecular weight is 310 g/mol. The number of Topliss-reactive ketones (excluding diaryl/α,β-unsaturated/α-hetero) is 1. The fraction of sp³-hybridized carbons (Fsp3) is 0.294. The van der Waals surface area contributed by atoms with E-state index in [2.05, 4.69) is 10.2 Å². The molecule has 3 heterocycles. The third-order valence-corrected chi connectivity index (χ3v) is 3.94. The zero-order valence-electron chi connectivity index (χ0n) is 13.4. The molecule has 1 unspecified atom stereocenters. The number of rotatable bonds is 4. The highest BCUT2D eigenvalue weighted by atomic mass is 16.1. The lowest BCUT2D eigenvalue weighted by molar-refractivity contribution is 0.0927. The van der Waals surface area contributed by atoms with Crippen LogP contribution in [0.1, 0.15) is 23.0 Å². The Hall–Kier alpha value is -2.76. The lowest BCUT2D eigenvalue weighted by Gasteiger charge is -2.10. The maximum absolute atomic E-state index is 12.6. The van der Waals surface area contributed by atoms with Crippen molar-refractivity contribution in [3.8, 4) is 11.3 Å². The molecule has 0 saturated heterocycles. The highest BCUT2D eigenvalue weighted by Gasteiger charge is 2.22.